The average molecular weight is 420 g/mol. The minimum atomic E-state index is -1.05. The molecule has 6 heteroatoms. The summed E-state index contributed by atoms with van der Waals surface area (Å²) in [5, 5.41) is 0.574. The first-order valence-electron chi connectivity index (χ1n) is 9.22. The van der Waals surface area contributed by atoms with Crippen molar-refractivity contribution < 1.29 is 14.3 Å². The number of aromatic nitrogens is 1. The molecule has 148 valence electrons. The number of ketones is 2. The number of rotatable bonds is 3. The summed E-state index contributed by atoms with van der Waals surface area (Å²) in [6.45, 7) is 8.86. The van der Waals surface area contributed by atoms with Crippen LogP contribution >= 0.6 is 23.2 Å². The Labute approximate surface area is 175 Å². The molecule has 0 radical (unpaired) electrons. The van der Waals surface area contributed by atoms with Crippen LogP contribution in [0.1, 0.15) is 51.7 Å². The second kappa shape index (κ2) is 7.25. The summed E-state index contributed by atoms with van der Waals surface area (Å²) in [4.78, 5) is 30.4. The van der Waals surface area contributed by atoms with Crippen LogP contribution < -0.4 is 0 Å². The molecule has 0 N–H and O–H groups in total. The minimum absolute atomic E-state index is 0.232. The molecule has 1 aromatic carbocycles. The normalized spacial score (nSPS) is 19.1. The third-order valence-electron chi connectivity index (χ3n) is 5.18. The molecule has 0 atom stereocenters. The van der Waals surface area contributed by atoms with Gasteiger partial charge in [-0.25, -0.2) is 4.98 Å². The van der Waals surface area contributed by atoms with Gasteiger partial charge >= 0.3 is 0 Å². The zero-order chi connectivity index (χ0) is 20.9. The number of Topliss-reactive ketones (excluding diaryl/α,β-unsaturated/α-hetero) is 2. The lowest BCUT2D eigenvalue weighted by atomic mass is 9.73. The van der Waals surface area contributed by atoms with Crippen LogP contribution in [0.25, 0.3) is 11.1 Å². The number of nitrogens with zero attached hydrogens (tertiary/aromatic N) is 1. The molecule has 2 heterocycles. The first-order valence-corrected chi connectivity index (χ1v) is 9.97. The number of halogens is 2. The Morgan fingerprint density at radius 1 is 1.00 bits per heavy atom. The molecule has 1 aromatic heterocycles. The number of pyridine rings is 1. The quantitative estimate of drug-likeness (QED) is 0.491. The van der Waals surface area contributed by atoms with Crippen LogP contribution in [-0.2, 0) is 20.7 Å². The topological polar surface area (TPSA) is 56.3 Å². The van der Waals surface area contributed by atoms with Crippen LogP contribution in [0.4, 0.5) is 0 Å². The third kappa shape index (κ3) is 3.61. The Kier molecular flexibility index (Phi) is 5.43. The fourth-order valence-corrected chi connectivity index (χ4v) is 4.27. The highest BCUT2D eigenvalue weighted by atomic mass is 35.5. The van der Waals surface area contributed by atoms with Crippen LogP contribution in [0.2, 0.25) is 10.3 Å². The Morgan fingerprint density at radius 3 is 2.14 bits per heavy atom. The molecule has 28 heavy (non-hydrogen) atoms. The van der Waals surface area contributed by atoms with Gasteiger partial charge in [0, 0.05) is 5.56 Å². The predicted molar refractivity (Wildman–Crippen MR) is 111 cm³/mol. The molecule has 0 amide bonds. The average Bonchev–Trinajstić information content (AvgIpc) is 2.60. The monoisotopic (exact) mass is 419 g/mol. The van der Waals surface area contributed by atoms with Crippen LogP contribution in [0, 0.1) is 0 Å². The molecule has 0 saturated carbocycles. The summed E-state index contributed by atoms with van der Waals surface area (Å²) in [5.74, 6) is -1.35. The van der Waals surface area contributed by atoms with Crippen molar-refractivity contribution in [3.05, 3.63) is 51.8 Å². The summed E-state index contributed by atoms with van der Waals surface area (Å²) < 4.78 is 5.81. The Morgan fingerprint density at radius 2 is 1.61 bits per heavy atom. The maximum atomic E-state index is 13.2. The Bertz CT molecular complexity index is 940. The SMILES string of the molecule is CCc1ccc(-c2ccc(Cl)nc2Cl)cc1C1C(=O)C(C)(C)OC(C)(C)C1=O. The van der Waals surface area contributed by atoms with Gasteiger partial charge in [-0.15, -0.1) is 0 Å². The molecule has 1 saturated heterocycles. The van der Waals surface area contributed by atoms with Gasteiger partial charge in [-0.05, 0) is 69.0 Å². The zero-order valence-electron chi connectivity index (χ0n) is 16.6. The molecule has 0 unspecified atom stereocenters. The molecule has 4 nitrogen and oxygen atoms in total. The van der Waals surface area contributed by atoms with Crippen LogP contribution in [0.3, 0.4) is 0 Å². The molecule has 2 aromatic rings. The summed E-state index contributed by atoms with van der Waals surface area (Å²) in [5.41, 5.74) is 1.02. The third-order valence-corrected chi connectivity index (χ3v) is 5.68. The number of aryl methyl sites for hydroxylation is 1. The van der Waals surface area contributed by atoms with Crippen LogP contribution in [0.5, 0.6) is 0 Å². The van der Waals surface area contributed by atoms with E-state index in [0.29, 0.717) is 22.7 Å². The molecule has 1 aliphatic heterocycles. The van der Waals surface area contributed by atoms with Gasteiger partial charge in [0.15, 0.2) is 11.6 Å². The first kappa shape index (κ1) is 21.0. The van der Waals surface area contributed by atoms with E-state index in [1.54, 1.807) is 39.8 Å². The van der Waals surface area contributed by atoms with Crippen molar-refractivity contribution in [2.45, 2.75) is 58.2 Å². The van der Waals surface area contributed by atoms with Crippen molar-refractivity contribution >= 4 is 34.8 Å². The van der Waals surface area contributed by atoms with E-state index in [-0.39, 0.29) is 16.7 Å². The van der Waals surface area contributed by atoms with Gasteiger partial charge in [-0.1, -0.05) is 42.3 Å². The zero-order valence-corrected chi connectivity index (χ0v) is 18.1. The van der Waals surface area contributed by atoms with Gasteiger partial charge in [0.2, 0.25) is 0 Å². The number of hydrogen-bond acceptors (Lipinski definition) is 4. The van der Waals surface area contributed by atoms with E-state index in [0.717, 1.165) is 11.1 Å². The maximum absolute atomic E-state index is 13.2. The second-order valence-electron chi connectivity index (χ2n) is 8.02. The first-order chi connectivity index (χ1) is 13.0. The lowest BCUT2D eigenvalue weighted by molar-refractivity contribution is -0.184. The van der Waals surface area contributed by atoms with Crippen LogP contribution in [0.15, 0.2) is 30.3 Å². The minimum Gasteiger partial charge on any atom is -0.354 e. The predicted octanol–water partition coefficient (Wildman–Crippen LogP) is 5.43. The van der Waals surface area contributed by atoms with E-state index in [1.807, 2.05) is 25.1 Å². The van der Waals surface area contributed by atoms with Crippen molar-refractivity contribution in [3.63, 3.8) is 0 Å². The lowest BCUT2D eigenvalue weighted by Crippen LogP contribution is -2.58. The van der Waals surface area contributed by atoms with E-state index < -0.39 is 17.1 Å². The molecule has 0 spiro atoms. The largest absolute Gasteiger partial charge is 0.354 e. The van der Waals surface area contributed by atoms with E-state index in [1.165, 1.54) is 0 Å². The van der Waals surface area contributed by atoms with Gasteiger partial charge in [-0.3, -0.25) is 9.59 Å². The Balaban J connectivity index is 2.19. The molecule has 3 rings (SSSR count). The molecule has 1 fully saturated rings. The maximum Gasteiger partial charge on any atom is 0.179 e. The Hall–Kier alpha value is -1.75. The highest BCUT2D eigenvalue weighted by Gasteiger charge is 2.53. The molecular weight excluding hydrogens is 397 g/mol. The molecular formula is C22H23Cl2NO3. The highest BCUT2D eigenvalue weighted by molar-refractivity contribution is 6.34. The van der Waals surface area contributed by atoms with Gasteiger partial charge in [0.1, 0.15) is 27.4 Å². The smallest absolute Gasteiger partial charge is 0.179 e. The van der Waals surface area contributed by atoms with Crippen molar-refractivity contribution in [2.75, 3.05) is 0 Å². The van der Waals surface area contributed by atoms with Crippen LogP contribution in [-0.4, -0.2) is 27.8 Å². The summed E-state index contributed by atoms with van der Waals surface area (Å²) >= 11 is 12.2. The summed E-state index contributed by atoms with van der Waals surface area (Å²) in [6.07, 6.45) is 0.695. The highest BCUT2D eigenvalue weighted by Crippen LogP contribution is 2.41. The molecule has 0 bridgehead atoms. The van der Waals surface area contributed by atoms with Gasteiger partial charge < -0.3 is 4.74 Å². The molecule has 1 aliphatic rings. The van der Waals surface area contributed by atoms with Crippen molar-refractivity contribution in [3.8, 4) is 11.1 Å². The lowest BCUT2D eigenvalue weighted by Gasteiger charge is -2.43. The van der Waals surface area contributed by atoms with Crippen molar-refractivity contribution in [1.82, 2.24) is 4.98 Å². The number of benzene rings is 1. The van der Waals surface area contributed by atoms with E-state index >= 15 is 0 Å². The van der Waals surface area contributed by atoms with E-state index in [9.17, 15) is 9.59 Å². The number of carbonyl (C=O) groups excluding carboxylic acids is 2. The summed E-state index contributed by atoms with van der Waals surface area (Å²) in [6, 6.07) is 9.17. The fourth-order valence-electron chi connectivity index (χ4n) is 3.82. The van der Waals surface area contributed by atoms with E-state index in [4.69, 9.17) is 27.9 Å². The van der Waals surface area contributed by atoms with Gasteiger partial charge in [-0.2, -0.15) is 0 Å². The molecule has 0 aliphatic carbocycles. The standard InChI is InChI=1S/C22H23Cl2NO3/c1-6-12-7-8-13(14-9-10-16(23)25-20(14)24)11-15(12)17-18(26)21(2,3)28-22(4,5)19(17)27/h7-11,17H,6H2,1-5H3. The number of hydrogen-bond donors (Lipinski definition) is 0. The summed E-state index contributed by atoms with van der Waals surface area (Å²) in [7, 11) is 0. The van der Waals surface area contributed by atoms with Crippen molar-refractivity contribution in [2.24, 2.45) is 0 Å². The van der Waals surface area contributed by atoms with E-state index in [2.05, 4.69) is 4.98 Å². The fraction of sp³-hybridized carbons (Fsp3) is 0.409. The van der Waals surface area contributed by atoms with Gasteiger partial charge in [0.25, 0.3) is 0 Å². The number of carbonyl (C=O) groups is 2. The number of ether oxygens (including phenoxy) is 1. The van der Waals surface area contributed by atoms with Crippen molar-refractivity contribution in [1.29, 1.82) is 0 Å². The second-order valence-corrected chi connectivity index (χ2v) is 8.77. The van der Waals surface area contributed by atoms with Gasteiger partial charge in [0.05, 0.1) is 0 Å².